The second kappa shape index (κ2) is 6.31. The second-order valence-electron chi connectivity index (χ2n) is 7.18. The van der Waals surface area contributed by atoms with Gasteiger partial charge in [-0.15, -0.1) is 0 Å². The molecule has 0 aliphatic carbocycles. The van der Waals surface area contributed by atoms with Gasteiger partial charge < -0.3 is 0 Å². The lowest BCUT2D eigenvalue weighted by molar-refractivity contribution is 0.125. The van der Waals surface area contributed by atoms with Crippen LogP contribution in [0.3, 0.4) is 0 Å². The van der Waals surface area contributed by atoms with E-state index in [2.05, 4.69) is 15.2 Å². The fourth-order valence-electron chi connectivity index (χ4n) is 3.96. The summed E-state index contributed by atoms with van der Waals surface area (Å²) in [5.41, 5.74) is 2.63. The molecule has 0 saturated carbocycles. The molecule has 25 heavy (non-hydrogen) atoms. The molecule has 3 saturated heterocycles. The number of hydrogen-bond acceptors (Lipinski definition) is 6. The molecule has 3 fully saturated rings. The minimum atomic E-state index is -3.37. The highest BCUT2D eigenvalue weighted by molar-refractivity contribution is 7.86. The summed E-state index contributed by atoms with van der Waals surface area (Å²) < 4.78 is 32.9. The molecule has 0 N–H and O–H groups in total. The Kier molecular flexibility index (Phi) is 4.27. The van der Waals surface area contributed by atoms with Gasteiger partial charge in [-0.05, 0) is 40.7 Å². The lowest BCUT2D eigenvalue weighted by atomic mass is 9.94. The summed E-state index contributed by atoms with van der Waals surface area (Å²) in [5.74, 6) is 0.364. The van der Waals surface area contributed by atoms with Crippen LogP contribution in [0.1, 0.15) is 18.4 Å². The van der Waals surface area contributed by atoms with Gasteiger partial charge in [0, 0.05) is 46.3 Å². The van der Waals surface area contributed by atoms with Gasteiger partial charge in [-0.3, -0.25) is 4.90 Å². The first-order valence-electron chi connectivity index (χ1n) is 8.57. The van der Waals surface area contributed by atoms with E-state index >= 15 is 0 Å². The van der Waals surface area contributed by atoms with Crippen LogP contribution in [0, 0.1) is 5.92 Å². The molecule has 136 valence electrons. The molecule has 0 radical (unpaired) electrons. The normalized spacial score (nSPS) is 25.7. The molecule has 3 aliphatic heterocycles. The van der Waals surface area contributed by atoms with Crippen LogP contribution in [0.4, 0.5) is 0 Å². The van der Waals surface area contributed by atoms with Crippen molar-refractivity contribution in [2.24, 2.45) is 5.92 Å². The van der Waals surface area contributed by atoms with E-state index in [1.807, 2.05) is 18.2 Å². The summed E-state index contributed by atoms with van der Waals surface area (Å²) in [7, 11) is -0.178. The number of benzene rings is 1. The molecule has 9 heteroatoms. The predicted molar refractivity (Wildman–Crippen MR) is 92.9 cm³/mol. The predicted octanol–water partition coefficient (Wildman–Crippen LogP) is 0.925. The Labute approximate surface area is 147 Å². The van der Waals surface area contributed by atoms with E-state index in [0.29, 0.717) is 19.0 Å². The Morgan fingerprint density at radius 3 is 2.84 bits per heavy atom. The maximum absolute atomic E-state index is 12.6. The Balaban J connectivity index is 1.58. The van der Waals surface area contributed by atoms with Gasteiger partial charge in [-0.1, -0.05) is 12.1 Å². The summed E-state index contributed by atoms with van der Waals surface area (Å²) in [6, 6.07) is 6.11. The highest BCUT2D eigenvalue weighted by Gasteiger charge is 2.39. The van der Waals surface area contributed by atoms with Gasteiger partial charge in [0.1, 0.15) is 11.0 Å². The third kappa shape index (κ3) is 3.05. The van der Waals surface area contributed by atoms with E-state index in [1.54, 1.807) is 18.4 Å². The highest BCUT2D eigenvalue weighted by Crippen LogP contribution is 2.31. The maximum atomic E-state index is 12.6. The molecular formula is C16H23N5O3S. The van der Waals surface area contributed by atoms with Gasteiger partial charge in [0.25, 0.3) is 10.2 Å². The SMILES string of the molecule is CN(C)S(=O)(=O)N1C[C@@H]2CC[C@H](C1)N(Cc1cccc3nonc13)C2. The quantitative estimate of drug-likeness (QED) is 0.801. The molecule has 1 aromatic heterocycles. The molecule has 5 rings (SSSR count). The van der Waals surface area contributed by atoms with Crippen LogP contribution in [0.2, 0.25) is 0 Å². The van der Waals surface area contributed by atoms with E-state index in [1.165, 1.54) is 4.31 Å². The van der Waals surface area contributed by atoms with Crippen molar-refractivity contribution in [3.05, 3.63) is 23.8 Å². The number of piperidine rings is 1. The first-order chi connectivity index (χ1) is 11.9. The van der Waals surface area contributed by atoms with Crippen molar-refractivity contribution in [2.45, 2.75) is 25.4 Å². The molecule has 2 bridgehead atoms. The lowest BCUT2D eigenvalue weighted by Crippen LogP contribution is -2.45. The standard InChI is InChI=1S/C16H23N5O3S/c1-19(2)25(22,23)21-9-12-6-7-14(11-21)20(8-12)10-13-4-3-5-15-16(13)18-24-17-15/h3-5,12,14H,6-11H2,1-2H3/t12-,14-/m1/s1. The van der Waals surface area contributed by atoms with Gasteiger partial charge in [0.15, 0.2) is 0 Å². The monoisotopic (exact) mass is 365 g/mol. The molecule has 3 aliphatic rings. The first-order valence-corrected chi connectivity index (χ1v) is 9.96. The van der Waals surface area contributed by atoms with E-state index in [0.717, 1.165) is 42.5 Å². The third-order valence-electron chi connectivity index (χ3n) is 5.32. The summed E-state index contributed by atoms with van der Waals surface area (Å²) >= 11 is 0. The van der Waals surface area contributed by atoms with Gasteiger partial charge in [-0.2, -0.15) is 17.0 Å². The zero-order valence-corrected chi connectivity index (χ0v) is 15.3. The van der Waals surface area contributed by atoms with Crippen LogP contribution in [0.25, 0.3) is 11.0 Å². The van der Waals surface area contributed by atoms with Crippen molar-refractivity contribution in [3.8, 4) is 0 Å². The Morgan fingerprint density at radius 2 is 2.04 bits per heavy atom. The van der Waals surface area contributed by atoms with Crippen LogP contribution in [0.5, 0.6) is 0 Å². The van der Waals surface area contributed by atoms with Crippen LogP contribution in [0.15, 0.2) is 22.8 Å². The smallest absolute Gasteiger partial charge is 0.281 e. The maximum Gasteiger partial charge on any atom is 0.281 e. The van der Waals surface area contributed by atoms with E-state index in [4.69, 9.17) is 4.63 Å². The molecule has 0 spiro atoms. The minimum Gasteiger partial charge on any atom is -0.294 e. The van der Waals surface area contributed by atoms with E-state index in [-0.39, 0.29) is 6.04 Å². The van der Waals surface area contributed by atoms with Crippen molar-refractivity contribution < 1.29 is 13.0 Å². The van der Waals surface area contributed by atoms with Gasteiger partial charge >= 0.3 is 0 Å². The van der Waals surface area contributed by atoms with Crippen molar-refractivity contribution in [2.75, 3.05) is 33.7 Å². The third-order valence-corrected chi connectivity index (χ3v) is 7.20. The fraction of sp³-hybridized carbons (Fsp3) is 0.625. The molecule has 0 unspecified atom stereocenters. The van der Waals surface area contributed by atoms with Crippen LogP contribution >= 0.6 is 0 Å². The first kappa shape index (κ1) is 16.9. The summed E-state index contributed by atoms with van der Waals surface area (Å²) in [6.45, 7) is 2.79. The average Bonchev–Trinajstić information content (AvgIpc) is 2.87. The van der Waals surface area contributed by atoms with E-state index in [9.17, 15) is 8.42 Å². The number of nitrogens with zero attached hydrogens (tertiary/aromatic N) is 5. The van der Waals surface area contributed by atoms with Crippen LogP contribution in [-0.4, -0.2) is 72.0 Å². The zero-order chi connectivity index (χ0) is 17.6. The largest absolute Gasteiger partial charge is 0.294 e. The van der Waals surface area contributed by atoms with Gasteiger partial charge in [0.2, 0.25) is 0 Å². The molecule has 1 aromatic carbocycles. The second-order valence-corrected chi connectivity index (χ2v) is 9.33. The lowest BCUT2D eigenvalue weighted by Gasteiger charge is -2.36. The van der Waals surface area contributed by atoms with Gasteiger partial charge in [-0.25, -0.2) is 4.63 Å². The van der Waals surface area contributed by atoms with Crippen molar-refractivity contribution in [1.29, 1.82) is 0 Å². The highest BCUT2D eigenvalue weighted by atomic mass is 32.2. The summed E-state index contributed by atoms with van der Waals surface area (Å²) in [4.78, 5) is 2.39. The molecule has 4 heterocycles. The number of rotatable bonds is 4. The minimum absolute atomic E-state index is 0.226. The van der Waals surface area contributed by atoms with Crippen molar-refractivity contribution in [3.63, 3.8) is 0 Å². The summed E-state index contributed by atoms with van der Waals surface area (Å²) in [5, 5.41) is 7.93. The number of hydrogen-bond donors (Lipinski definition) is 0. The molecular weight excluding hydrogens is 342 g/mol. The average molecular weight is 365 g/mol. The summed E-state index contributed by atoms with van der Waals surface area (Å²) in [6.07, 6.45) is 2.10. The molecule has 8 nitrogen and oxygen atoms in total. The number of fused-ring (bicyclic) bond motifs is 5. The zero-order valence-electron chi connectivity index (χ0n) is 14.5. The Morgan fingerprint density at radius 1 is 1.20 bits per heavy atom. The Bertz CT molecular complexity index is 866. The molecule has 2 atom stereocenters. The van der Waals surface area contributed by atoms with Crippen LogP contribution in [-0.2, 0) is 16.8 Å². The molecule has 0 amide bonds. The van der Waals surface area contributed by atoms with Crippen LogP contribution < -0.4 is 0 Å². The Hall–Kier alpha value is -1.55. The topological polar surface area (TPSA) is 82.8 Å². The van der Waals surface area contributed by atoms with Gasteiger partial charge in [0.05, 0.1) is 0 Å². The van der Waals surface area contributed by atoms with Crippen molar-refractivity contribution in [1.82, 2.24) is 23.8 Å². The van der Waals surface area contributed by atoms with Crippen molar-refractivity contribution >= 4 is 21.2 Å². The fourth-order valence-corrected chi connectivity index (χ4v) is 5.18. The van der Waals surface area contributed by atoms with E-state index < -0.39 is 10.2 Å². The molecule has 2 aromatic rings. The number of aromatic nitrogens is 2.